The summed E-state index contributed by atoms with van der Waals surface area (Å²) in [7, 11) is 0. The van der Waals surface area contributed by atoms with E-state index in [0.717, 1.165) is 18.2 Å². The van der Waals surface area contributed by atoms with E-state index in [2.05, 4.69) is 15.4 Å². The molecular formula is C18H16F3N3O5. The van der Waals surface area contributed by atoms with Gasteiger partial charge in [-0.05, 0) is 24.3 Å². The van der Waals surface area contributed by atoms with Crippen molar-refractivity contribution in [3.63, 3.8) is 0 Å². The van der Waals surface area contributed by atoms with Gasteiger partial charge in [-0.15, -0.1) is 0 Å². The van der Waals surface area contributed by atoms with E-state index in [4.69, 9.17) is 0 Å². The number of rotatable bonds is 8. The molecule has 0 atom stereocenters. The summed E-state index contributed by atoms with van der Waals surface area (Å²) in [5.74, 6) is -1.94. The molecule has 11 heteroatoms. The molecule has 0 bridgehead atoms. The average Bonchev–Trinajstić information content (AvgIpc) is 2.69. The minimum atomic E-state index is -4.72. The molecule has 0 spiro atoms. The number of halogens is 3. The topological polar surface area (TPSA) is 111 Å². The van der Waals surface area contributed by atoms with E-state index in [1.54, 1.807) is 0 Å². The average molecular weight is 411 g/mol. The van der Waals surface area contributed by atoms with Gasteiger partial charge in [0, 0.05) is 30.9 Å². The molecular weight excluding hydrogens is 395 g/mol. The van der Waals surface area contributed by atoms with Crippen LogP contribution in [0.4, 0.5) is 24.5 Å². The fraction of sp³-hybridized carbons (Fsp3) is 0.222. The quantitative estimate of drug-likeness (QED) is 0.299. The SMILES string of the molecule is O=C(COC(=O)c1ccccc1C(F)(F)F)NCCNc1ccc([N+](=O)[O-])cc1. The van der Waals surface area contributed by atoms with Crippen molar-refractivity contribution in [2.24, 2.45) is 0 Å². The van der Waals surface area contributed by atoms with Gasteiger partial charge < -0.3 is 15.4 Å². The van der Waals surface area contributed by atoms with Crippen LogP contribution in [0, 0.1) is 10.1 Å². The van der Waals surface area contributed by atoms with Crippen LogP contribution < -0.4 is 10.6 Å². The van der Waals surface area contributed by atoms with Crippen LogP contribution in [0.15, 0.2) is 48.5 Å². The molecule has 1 amide bonds. The number of esters is 1. The first-order chi connectivity index (χ1) is 13.7. The van der Waals surface area contributed by atoms with Crippen molar-refractivity contribution < 1.29 is 32.4 Å². The van der Waals surface area contributed by atoms with Gasteiger partial charge in [0.15, 0.2) is 6.61 Å². The molecule has 0 unspecified atom stereocenters. The standard InChI is InChI=1S/C18H16F3N3O5/c19-18(20,21)15-4-2-1-3-14(15)17(26)29-11-16(25)23-10-9-22-12-5-7-13(8-6-12)24(27)28/h1-8,22H,9-11H2,(H,23,25). The molecule has 2 aromatic rings. The third-order valence-electron chi connectivity index (χ3n) is 3.64. The Balaban J connectivity index is 1.75. The molecule has 0 saturated heterocycles. The van der Waals surface area contributed by atoms with E-state index >= 15 is 0 Å². The fourth-order valence-corrected chi connectivity index (χ4v) is 2.28. The van der Waals surface area contributed by atoms with Crippen LogP contribution in [0.2, 0.25) is 0 Å². The molecule has 2 aromatic carbocycles. The number of nitro groups is 1. The Morgan fingerprint density at radius 1 is 1.03 bits per heavy atom. The van der Waals surface area contributed by atoms with Gasteiger partial charge in [0.1, 0.15) is 0 Å². The lowest BCUT2D eigenvalue weighted by molar-refractivity contribution is -0.384. The number of nitrogens with zero attached hydrogens (tertiary/aromatic N) is 1. The van der Waals surface area contributed by atoms with E-state index in [0.29, 0.717) is 5.69 Å². The van der Waals surface area contributed by atoms with E-state index in [1.165, 1.54) is 30.3 Å². The van der Waals surface area contributed by atoms with Crippen LogP contribution in [0.1, 0.15) is 15.9 Å². The normalized spacial score (nSPS) is 10.9. The predicted octanol–water partition coefficient (Wildman–Crippen LogP) is 3.00. The van der Waals surface area contributed by atoms with Gasteiger partial charge in [-0.1, -0.05) is 12.1 Å². The number of non-ortho nitro benzene ring substituents is 1. The van der Waals surface area contributed by atoms with Crippen LogP contribution >= 0.6 is 0 Å². The maximum absolute atomic E-state index is 12.9. The zero-order chi connectivity index (χ0) is 21.4. The number of hydrogen-bond acceptors (Lipinski definition) is 6. The minimum absolute atomic E-state index is 0.0576. The molecule has 0 aliphatic carbocycles. The van der Waals surface area contributed by atoms with Crippen molar-refractivity contribution in [2.45, 2.75) is 6.18 Å². The first-order valence-corrected chi connectivity index (χ1v) is 8.27. The van der Waals surface area contributed by atoms with Gasteiger partial charge in [-0.2, -0.15) is 13.2 Å². The summed E-state index contributed by atoms with van der Waals surface area (Å²) >= 11 is 0. The number of carbonyl (C=O) groups is 2. The number of nitro benzene ring substituents is 1. The lowest BCUT2D eigenvalue weighted by atomic mass is 10.1. The van der Waals surface area contributed by atoms with Gasteiger partial charge >= 0.3 is 12.1 Å². The number of anilines is 1. The number of nitrogens with one attached hydrogen (secondary N) is 2. The van der Waals surface area contributed by atoms with Gasteiger partial charge in [-0.3, -0.25) is 14.9 Å². The van der Waals surface area contributed by atoms with Crippen LogP contribution in [0.3, 0.4) is 0 Å². The molecule has 8 nitrogen and oxygen atoms in total. The molecule has 0 fully saturated rings. The molecule has 0 aliphatic rings. The largest absolute Gasteiger partial charge is 0.452 e. The summed E-state index contributed by atoms with van der Waals surface area (Å²) in [6.07, 6.45) is -4.72. The zero-order valence-electron chi connectivity index (χ0n) is 14.9. The maximum Gasteiger partial charge on any atom is 0.417 e. The van der Waals surface area contributed by atoms with Gasteiger partial charge in [0.25, 0.3) is 11.6 Å². The van der Waals surface area contributed by atoms with Crippen LogP contribution in [0.5, 0.6) is 0 Å². The van der Waals surface area contributed by atoms with Crippen LogP contribution in [0.25, 0.3) is 0 Å². The molecule has 0 saturated carbocycles. The molecule has 0 radical (unpaired) electrons. The summed E-state index contributed by atoms with van der Waals surface area (Å²) in [6, 6.07) is 9.76. The molecule has 2 N–H and O–H groups in total. The summed E-state index contributed by atoms with van der Waals surface area (Å²) < 4.78 is 43.3. The van der Waals surface area contributed by atoms with E-state index in [9.17, 15) is 32.9 Å². The molecule has 29 heavy (non-hydrogen) atoms. The summed E-state index contributed by atoms with van der Waals surface area (Å²) in [6.45, 7) is -0.330. The third-order valence-corrected chi connectivity index (χ3v) is 3.64. The van der Waals surface area contributed by atoms with Crippen molar-refractivity contribution >= 4 is 23.3 Å². The van der Waals surface area contributed by atoms with E-state index in [1.807, 2.05) is 0 Å². The lowest BCUT2D eigenvalue weighted by Crippen LogP contribution is -2.32. The Labute approximate surface area is 162 Å². The van der Waals surface area contributed by atoms with Gasteiger partial charge in [0.2, 0.25) is 0 Å². The number of benzene rings is 2. The number of carbonyl (C=O) groups excluding carboxylic acids is 2. The molecule has 2 rings (SSSR count). The number of hydrogen-bond donors (Lipinski definition) is 2. The van der Waals surface area contributed by atoms with E-state index < -0.39 is 40.7 Å². The Morgan fingerprint density at radius 2 is 1.69 bits per heavy atom. The lowest BCUT2D eigenvalue weighted by Gasteiger charge is -2.12. The van der Waals surface area contributed by atoms with Crippen LogP contribution in [-0.4, -0.2) is 36.5 Å². The van der Waals surface area contributed by atoms with Crippen molar-refractivity contribution in [3.05, 3.63) is 69.8 Å². The number of amides is 1. The molecule has 0 heterocycles. The highest BCUT2D eigenvalue weighted by atomic mass is 19.4. The second kappa shape index (κ2) is 9.53. The van der Waals surface area contributed by atoms with Crippen molar-refractivity contribution in [2.75, 3.05) is 25.0 Å². The first-order valence-electron chi connectivity index (χ1n) is 8.27. The summed E-state index contributed by atoms with van der Waals surface area (Å²) in [5.41, 5.74) is -1.27. The zero-order valence-corrected chi connectivity index (χ0v) is 14.9. The maximum atomic E-state index is 12.9. The second-order valence-electron chi connectivity index (χ2n) is 5.70. The van der Waals surface area contributed by atoms with Gasteiger partial charge in [0.05, 0.1) is 16.1 Å². The Kier molecular flexibility index (Phi) is 7.12. The second-order valence-corrected chi connectivity index (χ2v) is 5.70. The third kappa shape index (κ3) is 6.48. The van der Waals surface area contributed by atoms with Crippen molar-refractivity contribution in [3.8, 4) is 0 Å². The molecule has 0 aliphatic heterocycles. The fourth-order valence-electron chi connectivity index (χ4n) is 2.28. The predicted molar refractivity (Wildman–Crippen MR) is 96.3 cm³/mol. The highest BCUT2D eigenvalue weighted by Crippen LogP contribution is 2.32. The smallest absolute Gasteiger partial charge is 0.417 e. The van der Waals surface area contributed by atoms with Crippen molar-refractivity contribution in [1.82, 2.24) is 5.32 Å². The highest BCUT2D eigenvalue weighted by Gasteiger charge is 2.35. The summed E-state index contributed by atoms with van der Waals surface area (Å²) in [4.78, 5) is 33.6. The number of alkyl halides is 3. The van der Waals surface area contributed by atoms with E-state index in [-0.39, 0.29) is 18.8 Å². The monoisotopic (exact) mass is 411 g/mol. The molecule has 0 aromatic heterocycles. The Bertz CT molecular complexity index is 885. The Hall–Kier alpha value is -3.63. The minimum Gasteiger partial charge on any atom is -0.452 e. The number of ether oxygens (including phenoxy) is 1. The Morgan fingerprint density at radius 3 is 2.31 bits per heavy atom. The molecule has 154 valence electrons. The van der Waals surface area contributed by atoms with Gasteiger partial charge in [-0.25, -0.2) is 4.79 Å². The van der Waals surface area contributed by atoms with Crippen LogP contribution in [-0.2, 0) is 15.7 Å². The first kappa shape index (κ1) is 21.7. The van der Waals surface area contributed by atoms with Crippen molar-refractivity contribution in [1.29, 1.82) is 0 Å². The highest BCUT2D eigenvalue weighted by molar-refractivity contribution is 5.93. The summed E-state index contributed by atoms with van der Waals surface area (Å²) in [5, 5.41) is 15.9.